The minimum absolute atomic E-state index is 0.104. The number of nitrogens with one attached hydrogen (secondary N) is 1. The highest BCUT2D eigenvalue weighted by Crippen LogP contribution is 2.28. The molecule has 1 saturated heterocycles. The molecule has 1 fully saturated rings. The third kappa shape index (κ3) is 5.37. The minimum atomic E-state index is -0.323. The van der Waals surface area contributed by atoms with E-state index >= 15 is 0 Å². The number of H-pyrrole nitrogens is 1. The van der Waals surface area contributed by atoms with E-state index in [0.717, 1.165) is 16.8 Å². The summed E-state index contributed by atoms with van der Waals surface area (Å²) in [5.74, 6) is 0.686. The Kier molecular flexibility index (Phi) is 6.92. The van der Waals surface area contributed by atoms with Crippen molar-refractivity contribution in [1.82, 2.24) is 29.8 Å². The van der Waals surface area contributed by atoms with Crippen molar-refractivity contribution in [1.29, 1.82) is 0 Å². The van der Waals surface area contributed by atoms with Gasteiger partial charge in [-0.1, -0.05) is 0 Å². The predicted octanol–water partition coefficient (Wildman–Crippen LogP) is 3.88. The molecule has 1 aliphatic heterocycles. The van der Waals surface area contributed by atoms with Crippen LogP contribution < -0.4 is 4.90 Å². The number of aryl methyl sites for hydroxylation is 1. The SMILES string of the molecule is O=C(CCCc1[nH]c(-c2ccc(F)cc2)nc1-c1ccc(F)cc1)N1CCN(c2ncncn2)CC1. The first-order valence-electron chi connectivity index (χ1n) is 11.8. The number of amides is 1. The Balaban J connectivity index is 1.23. The van der Waals surface area contributed by atoms with Gasteiger partial charge in [0.2, 0.25) is 11.9 Å². The van der Waals surface area contributed by atoms with E-state index in [1.54, 1.807) is 24.3 Å². The van der Waals surface area contributed by atoms with Crippen molar-refractivity contribution < 1.29 is 13.6 Å². The van der Waals surface area contributed by atoms with Gasteiger partial charge in [0.25, 0.3) is 0 Å². The first kappa shape index (κ1) is 23.5. The lowest BCUT2D eigenvalue weighted by molar-refractivity contribution is -0.131. The van der Waals surface area contributed by atoms with Crippen molar-refractivity contribution in [2.45, 2.75) is 19.3 Å². The molecular weight excluding hydrogens is 464 g/mol. The van der Waals surface area contributed by atoms with Gasteiger partial charge in [0.05, 0.1) is 5.69 Å². The quantitative estimate of drug-likeness (QED) is 0.424. The van der Waals surface area contributed by atoms with Crippen LogP contribution in [0.5, 0.6) is 0 Å². The Morgan fingerprint density at radius 3 is 2.11 bits per heavy atom. The van der Waals surface area contributed by atoms with E-state index in [4.69, 9.17) is 4.98 Å². The smallest absolute Gasteiger partial charge is 0.228 e. The van der Waals surface area contributed by atoms with Gasteiger partial charge in [-0.05, 0) is 61.4 Å². The third-order valence-corrected chi connectivity index (χ3v) is 6.23. The number of benzene rings is 2. The van der Waals surface area contributed by atoms with E-state index in [1.807, 2.05) is 9.80 Å². The number of aromatic nitrogens is 5. The summed E-state index contributed by atoms with van der Waals surface area (Å²) in [5.41, 5.74) is 3.08. The van der Waals surface area contributed by atoms with Crippen molar-refractivity contribution in [3.63, 3.8) is 0 Å². The normalized spacial score (nSPS) is 13.7. The number of halogens is 2. The summed E-state index contributed by atoms with van der Waals surface area (Å²) in [6, 6.07) is 12.2. The van der Waals surface area contributed by atoms with Gasteiger partial charge in [-0.3, -0.25) is 4.79 Å². The van der Waals surface area contributed by atoms with E-state index in [1.165, 1.54) is 36.9 Å². The average Bonchev–Trinajstić information content (AvgIpc) is 3.34. The van der Waals surface area contributed by atoms with Gasteiger partial charge in [0, 0.05) is 49.4 Å². The van der Waals surface area contributed by atoms with Crippen molar-refractivity contribution in [2.24, 2.45) is 0 Å². The molecule has 2 aromatic carbocycles. The van der Waals surface area contributed by atoms with E-state index in [2.05, 4.69) is 19.9 Å². The summed E-state index contributed by atoms with van der Waals surface area (Å²) in [6.07, 6.45) is 4.57. The first-order chi connectivity index (χ1) is 17.6. The summed E-state index contributed by atoms with van der Waals surface area (Å²) in [6.45, 7) is 2.58. The van der Waals surface area contributed by atoms with E-state index in [9.17, 15) is 13.6 Å². The van der Waals surface area contributed by atoms with Gasteiger partial charge >= 0.3 is 0 Å². The van der Waals surface area contributed by atoms with Crippen molar-refractivity contribution >= 4 is 11.9 Å². The van der Waals surface area contributed by atoms with Crippen LogP contribution in [0.4, 0.5) is 14.7 Å². The average molecular weight is 490 g/mol. The predicted molar refractivity (Wildman–Crippen MR) is 131 cm³/mol. The second-order valence-corrected chi connectivity index (χ2v) is 8.59. The second-order valence-electron chi connectivity index (χ2n) is 8.59. The number of aromatic amines is 1. The van der Waals surface area contributed by atoms with Gasteiger partial charge < -0.3 is 14.8 Å². The number of nitrogens with zero attached hydrogens (tertiary/aromatic N) is 6. The highest BCUT2D eigenvalue weighted by molar-refractivity contribution is 5.76. The number of piperazine rings is 1. The number of carbonyl (C=O) groups is 1. The molecule has 0 atom stereocenters. The molecule has 0 radical (unpaired) electrons. The standard InChI is InChI=1S/C26H25F2N7O/c27-20-8-4-18(5-9-20)24-22(32-25(33-24)19-6-10-21(28)11-7-19)2-1-3-23(36)34-12-14-35(15-13-34)26-30-16-29-17-31-26/h4-11,16-17H,1-3,12-15H2,(H,32,33). The van der Waals surface area contributed by atoms with Crippen LogP contribution in [0.15, 0.2) is 61.2 Å². The molecule has 1 amide bonds. The summed E-state index contributed by atoms with van der Waals surface area (Å²) in [4.78, 5) is 37.0. The molecule has 0 spiro atoms. The Labute approximate surface area is 207 Å². The maximum atomic E-state index is 13.5. The van der Waals surface area contributed by atoms with E-state index < -0.39 is 0 Å². The van der Waals surface area contributed by atoms with Crippen LogP contribution in [0, 0.1) is 11.6 Å². The molecule has 8 nitrogen and oxygen atoms in total. The fourth-order valence-electron chi connectivity index (χ4n) is 4.31. The van der Waals surface area contributed by atoms with Gasteiger partial charge in [-0.25, -0.2) is 28.7 Å². The number of hydrogen-bond acceptors (Lipinski definition) is 6. The van der Waals surface area contributed by atoms with Crippen LogP contribution in [0.25, 0.3) is 22.6 Å². The molecule has 1 aliphatic rings. The summed E-state index contributed by atoms with van der Waals surface area (Å²) < 4.78 is 26.9. The largest absolute Gasteiger partial charge is 0.341 e. The molecule has 0 bridgehead atoms. The monoisotopic (exact) mass is 489 g/mol. The number of anilines is 1. The maximum absolute atomic E-state index is 13.5. The Bertz CT molecular complexity index is 1300. The van der Waals surface area contributed by atoms with Gasteiger partial charge in [0.1, 0.15) is 30.1 Å². The van der Waals surface area contributed by atoms with Crippen LogP contribution in [-0.4, -0.2) is 61.9 Å². The molecule has 10 heteroatoms. The molecule has 36 heavy (non-hydrogen) atoms. The molecule has 2 aromatic heterocycles. The van der Waals surface area contributed by atoms with Gasteiger partial charge in [0.15, 0.2) is 0 Å². The number of imidazole rings is 1. The lowest BCUT2D eigenvalue weighted by Crippen LogP contribution is -2.49. The lowest BCUT2D eigenvalue weighted by Gasteiger charge is -2.34. The number of carbonyl (C=O) groups excluding carboxylic acids is 1. The molecule has 3 heterocycles. The second kappa shape index (κ2) is 10.6. The Hall–Kier alpha value is -4.21. The highest BCUT2D eigenvalue weighted by Gasteiger charge is 2.22. The zero-order chi connectivity index (χ0) is 24.9. The lowest BCUT2D eigenvalue weighted by atomic mass is 10.1. The summed E-state index contributed by atoms with van der Waals surface area (Å²) >= 11 is 0. The zero-order valence-corrected chi connectivity index (χ0v) is 19.6. The zero-order valence-electron chi connectivity index (χ0n) is 19.6. The maximum Gasteiger partial charge on any atom is 0.228 e. The van der Waals surface area contributed by atoms with Crippen molar-refractivity contribution in [3.8, 4) is 22.6 Å². The minimum Gasteiger partial charge on any atom is -0.341 e. The topological polar surface area (TPSA) is 90.9 Å². The van der Waals surface area contributed by atoms with Crippen LogP contribution in [0.1, 0.15) is 18.5 Å². The van der Waals surface area contributed by atoms with E-state index in [0.29, 0.717) is 62.9 Å². The highest BCUT2D eigenvalue weighted by atomic mass is 19.1. The Morgan fingerprint density at radius 2 is 1.47 bits per heavy atom. The molecule has 184 valence electrons. The van der Waals surface area contributed by atoms with E-state index in [-0.39, 0.29) is 17.5 Å². The molecule has 4 aromatic rings. The van der Waals surface area contributed by atoms with Gasteiger partial charge in [-0.15, -0.1) is 0 Å². The fourth-order valence-corrected chi connectivity index (χ4v) is 4.31. The molecule has 0 unspecified atom stereocenters. The first-order valence-corrected chi connectivity index (χ1v) is 11.8. The van der Waals surface area contributed by atoms with Crippen molar-refractivity contribution in [2.75, 3.05) is 31.1 Å². The number of hydrogen-bond donors (Lipinski definition) is 1. The number of rotatable bonds is 7. The molecule has 0 aliphatic carbocycles. The molecular formula is C26H25F2N7O. The fraction of sp³-hybridized carbons (Fsp3) is 0.269. The van der Waals surface area contributed by atoms with Gasteiger partial charge in [-0.2, -0.15) is 0 Å². The molecule has 1 N–H and O–H groups in total. The molecule has 0 saturated carbocycles. The van der Waals surface area contributed by atoms with Crippen LogP contribution in [0.3, 0.4) is 0 Å². The third-order valence-electron chi connectivity index (χ3n) is 6.23. The molecule has 5 rings (SSSR count). The van der Waals surface area contributed by atoms with Crippen LogP contribution in [0.2, 0.25) is 0 Å². The summed E-state index contributed by atoms with van der Waals surface area (Å²) in [5, 5.41) is 0. The Morgan fingerprint density at radius 1 is 0.861 bits per heavy atom. The van der Waals surface area contributed by atoms with Crippen LogP contribution in [-0.2, 0) is 11.2 Å². The summed E-state index contributed by atoms with van der Waals surface area (Å²) in [7, 11) is 0. The van der Waals surface area contributed by atoms with Crippen molar-refractivity contribution in [3.05, 3.63) is 78.5 Å². The van der Waals surface area contributed by atoms with Crippen LogP contribution >= 0.6 is 0 Å².